The average Bonchev–Trinajstić information content (AvgIpc) is 2.70. The topological polar surface area (TPSA) is 116 Å². The van der Waals surface area contributed by atoms with Gasteiger partial charge in [0.05, 0.1) is 0 Å². The third-order valence-corrected chi connectivity index (χ3v) is 4.39. The summed E-state index contributed by atoms with van der Waals surface area (Å²) in [5.74, 6) is -0.175. The van der Waals surface area contributed by atoms with Crippen LogP contribution in [0.2, 0.25) is 0 Å². The van der Waals surface area contributed by atoms with Crippen LogP contribution < -0.4 is 21.3 Å². The van der Waals surface area contributed by atoms with Crippen LogP contribution in [-0.4, -0.2) is 36.7 Å². The Kier molecular flexibility index (Phi) is 12.1. The van der Waals surface area contributed by atoms with E-state index in [1.807, 2.05) is 36.4 Å². The van der Waals surface area contributed by atoms with Gasteiger partial charge in [-0.1, -0.05) is 37.1 Å². The molecule has 2 aromatic carbocycles. The van der Waals surface area contributed by atoms with Crippen LogP contribution in [-0.2, 0) is 19.2 Å². The second kappa shape index (κ2) is 14.6. The second-order valence-corrected chi connectivity index (χ2v) is 7.45. The molecular weight excluding hydrogens is 408 g/mol. The predicted molar refractivity (Wildman–Crippen MR) is 128 cm³/mol. The van der Waals surface area contributed by atoms with Crippen molar-refractivity contribution in [3.8, 4) is 0 Å². The summed E-state index contributed by atoms with van der Waals surface area (Å²) in [6, 6.07) is 11.2. The van der Waals surface area contributed by atoms with E-state index in [4.69, 9.17) is 0 Å². The third kappa shape index (κ3) is 11.1. The van der Waals surface area contributed by atoms with Crippen molar-refractivity contribution in [2.45, 2.75) is 53.4 Å². The van der Waals surface area contributed by atoms with Crippen LogP contribution in [0.15, 0.2) is 36.4 Å². The van der Waals surface area contributed by atoms with Gasteiger partial charge in [-0.15, -0.1) is 0 Å². The summed E-state index contributed by atoms with van der Waals surface area (Å²) >= 11 is 0. The van der Waals surface area contributed by atoms with E-state index in [2.05, 4.69) is 21.3 Å². The van der Waals surface area contributed by atoms with Gasteiger partial charge in [-0.05, 0) is 25.0 Å². The molecule has 0 aliphatic carbocycles. The molecule has 2 rings (SSSR count). The molecule has 0 saturated carbocycles. The van der Waals surface area contributed by atoms with Crippen molar-refractivity contribution in [2.75, 3.05) is 23.7 Å². The van der Waals surface area contributed by atoms with Gasteiger partial charge in [0, 0.05) is 62.9 Å². The number of hydrogen-bond donors (Lipinski definition) is 4. The molecule has 0 fully saturated rings. The van der Waals surface area contributed by atoms with Gasteiger partial charge in [0.2, 0.25) is 23.6 Å². The highest BCUT2D eigenvalue weighted by atomic mass is 16.2. The average molecular weight is 443 g/mol. The quantitative estimate of drug-likeness (QED) is 0.444. The first-order valence-electron chi connectivity index (χ1n) is 10.8. The van der Waals surface area contributed by atoms with Crippen molar-refractivity contribution in [2.24, 2.45) is 0 Å². The summed E-state index contributed by atoms with van der Waals surface area (Å²) in [6.07, 6.45) is 4.22. The molecule has 0 heterocycles. The smallest absolute Gasteiger partial charge is 0.221 e. The molecule has 32 heavy (non-hydrogen) atoms. The Bertz CT molecular complexity index is 852. The minimum Gasteiger partial charge on any atom is -0.356 e. The fourth-order valence-corrected chi connectivity index (χ4v) is 3.04. The van der Waals surface area contributed by atoms with Crippen molar-refractivity contribution in [3.05, 3.63) is 36.4 Å². The lowest BCUT2D eigenvalue weighted by atomic mass is 10.1. The predicted octanol–water partition coefficient (Wildman–Crippen LogP) is 3.58. The molecule has 8 nitrogen and oxygen atoms in total. The minimum absolute atomic E-state index is 0.0308. The number of anilines is 2. The van der Waals surface area contributed by atoms with Crippen LogP contribution in [0.3, 0.4) is 0 Å². The Morgan fingerprint density at radius 1 is 0.562 bits per heavy atom. The number of benzene rings is 2. The fraction of sp³-hybridized carbons (Fsp3) is 0.417. The number of carbonyl (C=O) groups is 4. The van der Waals surface area contributed by atoms with Crippen molar-refractivity contribution < 1.29 is 19.2 Å². The lowest BCUT2D eigenvalue weighted by molar-refractivity contribution is -0.119. The normalized spacial score (nSPS) is 9.88. The summed E-state index contributed by atoms with van der Waals surface area (Å²) in [5.41, 5.74) is 1.49. The molecule has 0 aromatic heterocycles. The Hall–Kier alpha value is -3.42. The lowest BCUT2D eigenvalue weighted by Crippen LogP contribution is -2.21. The lowest BCUT2D eigenvalue weighted by Gasteiger charge is -2.10. The molecule has 0 spiro atoms. The largest absolute Gasteiger partial charge is 0.356 e. The monoisotopic (exact) mass is 442 g/mol. The molecule has 8 heteroatoms. The van der Waals surface area contributed by atoms with Gasteiger partial charge in [-0.2, -0.15) is 0 Å². The first-order valence-corrected chi connectivity index (χ1v) is 10.8. The molecule has 0 saturated heterocycles. The Labute approximate surface area is 189 Å². The van der Waals surface area contributed by atoms with Gasteiger partial charge in [-0.3, -0.25) is 19.2 Å². The van der Waals surface area contributed by atoms with Crippen LogP contribution in [0.25, 0.3) is 10.8 Å². The standard InChI is InChI=1S/C14H14N2O2.C10H20N2O2/c1-9(17)15-13-7-3-6-12-11(13)5-4-8-14(12)16-10(2)18;1-9(13)11-7-5-3-4-6-8-12-10(2)14/h3-8H,1-2H3,(H,15,17)(H,16,18);3-8H2,1-2H3,(H,11,13)(H,12,14). The van der Waals surface area contributed by atoms with Gasteiger partial charge in [0.15, 0.2) is 0 Å². The fourth-order valence-electron chi connectivity index (χ4n) is 3.04. The van der Waals surface area contributed by atoms with Gasteiger partial charge in [-0.25, -0.2) is 0 Å². The first-order chi connectivity index (χ1) is 15.2. The van der Waals surface area contributed by atoms with Crippen LogP contribution in [0.4, 0.5) is 11.4 Å². The van der Waals surface area contributed by atoms with Crippen molar-refractivity contribution >= 4 is 45.8 Å². The second-order valence-electron chi connectivity index (χ2n) is 7.45. The number of fused-ring (bicyclic) bond motifs is 1. The van der Waals surface area contributed by atoms with E-state index in [9.17, 15) is 19.2 Å². The van der Waals surface area contributed by atoms with Gasteiger partial charge >= 0.3 is 0 Å². The van der Waals surface area contributed by atoms with E-state index in [0.29, 0.717) is 0 Å². The Morgan fingerprint density at radius 3 is 1.25 bits per heavy atom. The number of carbonyl (C=O) groups excluding carboxylic acids is 4. The van der Waals surface area contributed by atoms with Crippen LogP contribution in [0, 0.1) is 0 Å². The van der Waals surface area contributed by atoms with Crippen molar-refractivity contribution in [1.29, 1.82) is 0 Å². The number of unbranched alkanes of at least 4 members (excludes halogenated alkanes) is 3. The van der Waals surface area contributed by atoms with E-state index < -0.39 is 0 Å². The van der Waals surface area contributed by atoms with Gasteiger partial charge < -0.3 is 21.3 Å². The molecule has 2 aromatic rings. The number of hydrogen-bond acceptors (Lipinski definition) is 4. The number of rotatable bonds is 9. The zero-order valence-electron chi connectivity index (χ0n) is 19.3. The molecule has 0 unspecified atom stereocenters. The van der Waals surface area contributed by atoms with E-state index in [1.54, 1.807) is 0 Å². The van der Waals surface area contributed by atoms with Crippen molar-refractivity contribution in [1.82, 2.24) is 10.6 Å². The molecular formula is C24H34N4O4. The number of nitrogens with one attached hydrogen (secondary N) is 4. The molecule has 0 atom stereocenters. The molecule has 0 radical (unpaired) electrons. The Balaban J connectivity index is 0.000000333. The molecule has 4 amide bonds. The molecule has 0 aliphatic rings. The summed E-state index contributed by atoms with van der Waals surface area (Å²) < 4.78 is 0. The third-order valence-electron chi connectivity index (χ3n) is 4.39. The van der Waals surface area contributed by atoms with Gasteiger partial charge in [0.1, 0.15) is 0 Å². The number of amides is 4. The van der Waals surface area contributed by atoms with Crippen molar-refractivity contribution in [3.63, 3.8) is 0 Å². The highest BCUT2D eigenvalue weighted by molar-refractivity contribution is 6.08. The maximum atomic E-state index is 11.1. The molecule has 174 valence electrons. The van der Waals surface area contributed by atoms with Gasteiger partial charge in [0.25, 0.3) is 0 Å². The summed E-state index contributed by atoms with van der Waals surface area (Å²) in [4.78, 5) is 43.3. The van der Waals surface area contributed by atoms with Crippen LogP contribution in [0.1, 0.15) is 53.4 Å². The summed E-state index contributed by atoms with van der Waals surface area (Å²) in [5, 5.41) is 12.8. The minimum atomic E-state index is -0.118. The Morgan fingerprint density at radius 2 is 0.938 bits per heavy atom. The maximum Gasteiger partial charge on any atom is 0.221 e. The first kappa shape index (κ1) is 26.6. The SMILES string of the molecule is CC(=O)NCCCCCCNC(C)=O.CC(=O)Nc1cccc2c(NC(C)=O)cccc12. The van der Waals surface area contributed by atoms with E-state index in [1.165, 1.54) is 27.7 Å². The highest BCUT2D eigenvalue weighted by Crippen LogP contribution is 2.29. The highest BCUT2D eigenvalue weighted by Gasteiger charge is 2.06. The zero-order valence-corrected chi connectivity index (χ0v) is 19.3. The zero-order chi connectivity index (χ0) is 23.9. The van der Waals surface area contributed by atoms with Crippen LogP contribution in [0.5, 0.6) is 0 Å². The van der Waals surface area contributed by atoms with E-state index >= 15 is 0 Å². The summed E-state index contributed by atoms with van der Waals surface area (Å²) in [7, 11) is 0. The van der Waals surface area contributed by atoms with E-state index in [-0.39, 0.29) is 23.6 Å². The molecule has 0 bridgehead atoms. The van der Waals surface area contributed by atoms with E-state index in [0.717, 1.165) is 60.9 Å². The summed E-state index contributed by atoms with van der Waals surface area (Å²) in [6.45, 7) is 7.51. The molecule has 0 aliphatic heterocycles. The molecule has 4 N–H and O–H groups in total. The van der Waals surface area contributed by atoms with Crippen LogP contribution >= 0.6 is 0 Å². The maximum absolute atomic E-state index is 11.1.